The lowest BCUT2D eigenvalue weighted by Gasteiger charge is -2.20. The number of benzene rings is 3. The first-order valence-electron chi connectivity index (χ1n) is 12.4. The Morgan fingerprint density at radius 3 is 2.15 bits per heavy atom. The van der Waals surface area contributed by atoms with Gasteiger partial charge in [0.05, 0.1) is 28.7 Å². The molecule has 0 unspecified atom stereocenters. The Morgan fingerprint density at radius 1 is 0.902 bits per heavy atom. The number of aryl methyl sites for hydroxylation is 1. The molecule has 0 aliphatic carbocycles. The minimum Gasteiger partial charge on any atom is -0.460 e. The summed E-state index contributed by atoms with van der Waals surface area (Å²) in [5, 5.41) is 0.411. The number of sulfonamides is 2. The molecule has 0 atom stereocenters. The van der Waals surface area contributed by atoms with E-state index >= 15 is 0 Å². The van der Waals surface area contributed by atoms with Gasteiger partial charge in [0.15, 0.2) is 5.78 Å². The third-order valence-corrected chi connectivity index (χ3v) is 8.67. The molecule has 0 radical (unpaired) electrons. The maximum atomic E-state index is 13.7. The van der Waals surface area contributed by atoms with Crippen molar-refractivity contribution >= 4 is 58.3 Å². The van der Waals surface area contributed by atoms with Crippen LogP contribution in [0.4, 0.5) is 11.4 Å². The van der Waals surface area contributed by atoms with Crippen LogP contribution in [0.5, 0.6) is 0 Å². The number of anilines is 2. The van der Waals surface area contributed by atoms with Gasteiger partial charge in [-0.1, -0.05) is 31.5 Å². The molecule has 0 amide bonds. The minimum atomic E-state index is -4.49. The molecular weight excluding hydrogens is 593 g/mol. The summed E-state index contributed by atoms with van der Waals surface area (Å²) in [7, 11) is -12.3. The van der Waals surface area contributed by atoms with Crippen molar-refractivity contribution < 1.29 is 38.7 Å². The molecule has 1 N–H and O–H groups in total. The number of rotatable bonds is 12. The number of carbonyl (C=O) groups is 1. The molecule has 0 spiro atoms. The summed E-state index contributed by atoms with van der Waals surface area (Å²) in [4.78, 5) is 13.5. The van der Waals surface area contributed by atoms with Crippen molar-refractivity contribution in [3.8, 4) is 0 Å². The van der Waals surface area contributed by atoms with Crippen molar-refractivity contribution in [2.75, 3.05) is 21.7 Å². The van der Waals surface area contributed by atoms with E-state index < -0.39 is 35.9 Å². The molecule has 0 aliphatic heterocycles. The number of hydrogen-bond acceptors (Lipinski definition) is 9. The van der Waals surface area contributed by atoms with Crippen LogP contribution < -0.4 is 9.19 Å². The fraction of sp³-hybridized carbons (Fsp3) is 0.222. The molecule has 0 aliphatic rings. The number of fused-ring (bicyclic) bond motifs is 1. The Balaban J connectivity index is 1.72. The molecule has 0 fully saturated rings. The van der Waals surface area contributed by atoms with Gasteiger partial charge in [-0.05, 0) is 61.0 Å². The van der Waals surface area contributed by atoms with Gasteiger partial charge >= 0.3 is 10.1 Å². The first kappa shape index (κ1) is 30.2. The summed E-state index contributed by atoms with van der Waals surface area (Å²) in [6.07, 6.45) is 3.84. The van der Waals surface area contributed by atoms with E-state index in [4.69, 9.17) is 8.70 Å². The number of unbranched alkanes of at least 4 members (excludes halogenated alkanes) is 1. The first-order valence-corrected chi connectivity index (χ1v) is 17.5. The molecule has 1 heterocycles. The Bertz CT molecular complexity index is 1900. The van der Waals surface area contributed by atoms with Gasteiger partial charge in [-0.25, -0.2) is 16.8 Å². The van der Waals surface area contributed by atoms with E-state index in [1.165, 1.54) is 60.7 Å². The number of furan rings is 1. The van der Waals surface area contributed by atoms with Gasteiger partial charge < -0.3 is 4.42 Å². The quantitative estimate of drug-likeness (QED) is 0.178. The largest absolute Gasteiger partial charge is 0.460 e. The SMILES string of the molecule is CCCCc1oc2ccc(NS(C)(=O)=O)cc2c1C(=O)c1ccc(N(OS(=O)(=O)c2ccccc2)S(C)(=O)=O)cc1. The summed E-state index contributed by atoms with van der Waals surface area (Å²) >= 11 is 0. The maximum absolute atomic E-state index is 13.7. The van der Waals surface area contributed by atoms with Crippen LogP contribution in [0.1, 0.15) is 41.4 Å². The Hall–Kier alpha value is -3.72. The van der Waals surface area contributed by atoms with Crippen molar-refractivity contribution in [3.63, 3.8) is 0 Å². The molecule has 4 aromatic rings. The lowest BCUT2D eigenvalue weighted by molar-refractivity contribution is 0.103. The van der Waals surface area contributed by atoms with Crippen LogP contribution in [0.25, 0.3) is 11.0 Å². The van der Waals surface area contributed by atoms with E-state index in [2.05, 4.69) is 4.72 Å². The van der Waals surface area contributed by atoms with E-state index in [0.29, 0.717) is 23.2 Å². The number of carbonyl (C=O) groups excluding carboxylic acids is 1. The normalized spacial score (nSPS) is 12.4. The minimum absolute atomic E-state index is 0.147. The molecule has 1 aromatic heterocycles. The van der Waals surface area contributed by atoms with E-state index in [-0.39, 0.29) is 31.9 Å². The average Bonchev–Trinajstić information content (AvgIpc) is 3.26. The van der Waals surface area contributed by atoms with Crippen molar-refractivity contribution in [2.45, 2.75) is 31.1 Å². The first-order chi connectivity index (χ1) is 19.2. The zero-order valence-corrected chi connectivity index (χ0v) is 24.8. The second-order valence-corrected chi connectivity index (χ2v) is 14.4. The van der Waals surface area contributed by atoms with Gasteiger partial charge in [0.25, 0.3) is 10.0 Å². The van der Waals surface area contributed by atoms with Crippen molar-refractivity contribution in [1.82, 2.24) is 0 Å². The summed E-state index contributed by atoms with van der Waals surface area (Å²) < 4.78 is 87.5. The third kappa shape index (κ3) is 7.14. The zero-order chi connectivity index (χ0) is 30.0. The van der Waals surface area contributed by atoms with E-state index in [1.54, 1.807) is 12.1 Å². The zero-order valence-electron chi connectivity index (χ0n) is 22.4. The van der Waals surface area contributed by atoms with Gasteiger partial charge in [-0.3, -0.25) is 9.52 Å². The second kappa shape index (κ2) is 11.6. The molecule has 4 rings (SSSR count). The van der Waals surface area contributed by atoms with Gasteiger partial charge in [-0.2, -0.15) is 8.42 Å². The highest BCUT2D eigenvalue weighted by Crippen LogP contribution is 2.32. The molecular formula is C27H28N2O9S3. The van der Waals surface area contributed by atoms with E-state index in [1.807, 2.05) is 6.92 Å². The molecule has 3 aromatic carbocycles. The van der Waals surface area contributed by atoms with Crippen molar-refractivity contribution in [1.29, 1.82) is 0 Å². The third-order valence-electron chi connectivity index (χ3n) is 5.89. The monoisotopic (exact) mass is 620 g/mol. The van der Waals surface area contributed by atoms with Gasteiger partial charge in [-0.15, -0.1) is 8.75 Å². The predicted octanol–water partition coefficient (Wildman–Crippen LogP) is 4.46. The summed E-state index contributed by atoms with van der Waals surface area (Å²) in [6.45, 7) is 1.99. The fourth-order valence-electron chi connectivity index (χ4n) is 4.08. The van der Waals surface area contributed by atoms with E-state index in [0.717, 1.165) is 25.4 Å². The molecule has 14 heteroatoms. The molecule has 41 heavy (non-hydrogen) atoms. The van der Waals surface area contributed by atoms with Gasteiger partial charge in [0, 0.05) is 23.1 Å². The van der Waals surface area contributed by atoms with Gasteiger partial charge in [0.1, 0.15) is 11.3 Å². The van der Waals surface area contributed by atoms with Crippen LogP contribution in [0.3, 0.4) is 0 Å². The highest BCUT2D eigenvalue weighted by molar-refractivity contribution is 7.93. The number of ketones is 1. The Morgan fingerprint density at radius 2 is 1.56 bits per heavy atom. The number of nitrogens with one attached hydrogen (secondary N) is 1. The molecule has 11 nitrogen and oxygen atoms in total. The van der Waals surface area contributed by atoms with Crippen molar-refractivity contribution in [2.24, 2.45) is 0 Å². The highest BCUT2D eigenvalue weighted by atomic mass is 32.2. The smallest absolute Gasteiger partial charge is 0.318 e. The van der Waals surface area contributed by atoms with E-state index in [9.17, 15) is 30.0 Å². The summed E-state index contributed by atoms with van der Waals surface area (Å²) in [5.74, 6) is -0.0101. The van der Waals surface area contributed by atoms with Gasteiger partial charge in [0.2, 0.25) is 10.0 Å². The standard InChI is InChI=1S/C27H28N2O9S3/c1-4-5-11-25-26(23-18-20(28-39(2,31)32)14-17-24(23)37-25)27(30)19-12-15-21(16-13-19)29(40(3,33)34)38-41(35,36)22-9-7-6-8-10-22/h6-10,12-18,28H,4-5,11H2,1-3H3. The van der Waals surface area contributed by atoms with Crippen LogP contribution in [0.15, 0.2) is 82.1 Å². The van der Waals surface area contributed by atoms with Crippen LogP contribution >= 0.6 is 0 Å². The number of nitrogens with zero attached hydrogens (tertiary/aromatic N) is 1. The molecule has 0 bridgehead atoms. The lowest BCUT2D eigenvalue weighted by atomic mass is 9.98. The highest BCUT2D eigenvalue weighted by Gasteiger charge is 2.28. The Kier molecular flexibility index (Phi) is 8.59. The second-order valence-electron chi connectivity index (χ2n) is 9.30. The van der Waals surface area contributed by atoms with Crippen LogP contribution in [-0.4, -0.2) is 43.5 Å². The number of hydrogen-bond donors (Lipinski definition) is 1. The molecule has 0 saturated carbocycles. The van der Waals surface area contributed by atoms with Crippen LogP contribution in [0.2, 0.25) is 0 Å². The van der Waals surface area contributed by atoms with Crippen LogP contribution in [0, 0.1) is 0 Å². The Labute approximate surface area is 238 Å². The fourth-order valence-corrected chi connectivity index (χ4v) is 6.66. The van der Waals surface area contributed by atoms with Crippen molar-refractivity contribution in [3.05, 3.63) is 89.7 Å². The maximum Gasteiger partial charge on any atom is 0.318 e. The average molecular weight is 621 g/mol. The topological polar surface area (TPSA) is 157 Å². The summed E-state index contributed by atoms with van der Waals surface area (Å²) in [6, 6.07) is 16.9. The molecule has 0 saturated heterocycles. The molecule has 218 valence electrons. The van der Waals surface area contributed by atoms with Crippen LogP contribution in [-0.2, 0) is 40.9 Å². The predicted molar refractivity (Wildman–Crippen MR) is 155 cm³/mol. The summed E-state index contributed by atoms with van der Waals surface area (Å²) in [5.41, 5.74) is 0.924. The lowest BCUT2D eigenvalue weighted by Crippen LogP contribution is -2.32.